The Morgan fingerprint density at radius 1 is 1.31 bits per heavy atom. The molecule has 0 saturated heterocycles. The van der Waals surface area contributed by atoms with Crippen LogP contribution in [-0.4, -0.2) is 34.9 Å². The number of H-pyrrole nitrogens is 1. The number of aromatic nitrogens is 1. The molecule has 2 N–H and O–H groups in total. The van der Waals surface area contributed by atoms with Crippen molar-refractivity contribution in [2.24, 2.45) is 0 Å². The summed E-state index contributed by atoms with van der Waals surface area (Å²) in [5, 5.41) is 7.95. The highest BCUT2D eigenvalue weighted by Gasteiger charge is 2.17. The van der Waals surface area contributed by atoms with Crippen molar-refractivity contribution in [3.8, 4) is 0 Å². The van der Waals surface area contributed by atoms with Crippen LogP contribution in [0.1, 0.15) is 36.2 Å². The van der Waals surface area contributed by atoms with Gasteiger partial charge in [0.2, 0.25) is 0 Å². The smallest absolute Gasteiger partial charge is 0.256 e. The summed E-state index contributed by atoms with van der Waals surface area (Å²) in [6.45, 7) is 6.57. The van der Waals surface area contributed by atoms with E-state index in [4.69, 9.17) is 0 Å². The number of nitrogens with zero attached hydrogens (tertiary/aromatic N) is 1. The minimum Gasteiger partial charge on any atom is -0.361 e. The summed E-state index contributed by atoms with van der Waals surface area (Å²) in [4.78, 5) is 18.1. The van der Waals surface area contributed by atoms with Gasteiger partial charge in [0.05, 0.1) is 5.56 Å². The van der Waals surface area contributed by atoms with Crippen molar-refractivity contribution >= 4 is 39.4 Å². The van der Waals surface area contributed by atoms with E-state index < -0.39 is 0 Å². The molecule has 4 nitrogen and oxygen atoms in total. The number of anilines is 1. The number of hydrogen-bond acceptors (Lipinski definition) is 3. The Balaban J connectivity index is 1.60. The molecule has 0 atom stereocenters. The van der Waals surface area contributed by atoms with Crippen LogP contribution in [0, 0.1) is 0 Å². The maximum atomic E-state index is 12.3. The Kier molecular flexibility index (Phi) is 4.66. The van der Waals surface area contributed by atoms with Crippen LogP contribution < -0.4 is 5.32 Å². The van der Waals surface area contributed by atoms with E-state index in [1.165, 1.54) is 22.5 Å². The second kappa shape index (κ2) is 7.09. The number of carbonyl (C=O) groups excluding carboxylic acids is 1. The molecule has 5 heteroatoms. The van der Waals surface area contributed by atoms with Gasteiger partial charge in [-0.1, -0.05) is 6.08 Å². The van der Waals surface area contributed by atoms with E-state index >= 15 is 0 Å². The van der Waals surface area contributed by atoms with Crippen LogP contribution in [0.4, 0.5) is 5.69 Å². The summed E-state index contributed by atoms with van der Waals surface area (Å²) in [6.07, 6.45) is 5.48. The van der Waals surface area contributed by atoms with Gasteiger partial charge in [-0.05, 0) is 55.5 Å². The molecule has 3 aromatic rings. The summed E-state index contributed by atoms with van der Waals surface area (Å²) in [6, 6.07) is 8.47. The zero-order valence-electron chi connectivity index (χ0n) is 15.1. The van der Waals surface area contributed by atoms with Gasteiger partial charge < -0.3 is 10.3 Å². The van der Waals surface area contributed by atoms with Crippen LogP contribution in [0.5, 0.6) is 0 Å². The first-order valence-corrected chi connectivity index (χ1v) is 9.94. The first-order chi connectivity index (χ1) is 12.6. The summed E-state index contributed by atoms with van der Waals surface area (Å²) >= 11 is 1.53. The van der Waals surface area contributed by atoms with Crippen LogP contribution in [0.3, 0.4) is 0 Å². The van der Waals surface area contributed by atoms with Crippen LogP contribution in [0.15, 0.2) is 47.3 Å². The Hall–Kier alpha value is -2.37. The van der Waals surface area contributed by atoms with Crippen LogP contribution in [0.25, 0.3) is 16.5 Å². The molecular formula is C21H23N3OS. The zero-order chi connectivity index (χ0) is 18.1. The number of carbonyl (C=O) groups is 1. The Morgan fingerprint density at radius 2 is 2.19 bits per heavy atom. The maximum absolute atomic E-state index is 12.3. The second-order valence-electron chi connectivity index (χ2n) is 7.00. The van der Waals surface area contributed by atoms with Gasteiger partial charge >= 0.3 is 0 Å². The van der Waals surface area contributed by atoms with Crippen molar-refractivity contribution in [1.29, 1.82) is 0 Å². The van der Waals surface area contributed by atoms with Crippen molar-refractivity contribution in [2.45, 2.75) is 26.3 Å². The Morgan fingerprint density at radius 3 is 2.88 bits per heavy atom. The molecule has 0 fully saturated rings. The lowest BCUT2D eigenvalue weighted by molar-refractivity contribution is 0.102. The molecule has 1 aliphatic heterocycles. The van der Waals surface area contributed by atoms with E-state index in [0.29, 0.717) is 11.6 Å². The average molecular weight is 366 g/mol. The predicted molar refractivity (Wildman–Crippen MR) is 110 cm³/mol. The molecule has 26 heavy (non-hydrogen) atoms. The van der Waals surface area contributed by atoms with E-state index in [0.717, 1.165) is 36.1 Å². The Labute approximate surface area is 157 Å². The van der Waals surface area contributed by atoms with Gasteiger partial charge in [0.25, 0.3) is 5.91 Å². The van der Waals surface area contributed by atoms with E-state index in [2.05, 4.69) is 47.4 Å². The highest BCUT2D eigenvalue weighted by molar-refractivity contribution is 7.08. The van der Waals surface area contributed by atoms with E-state index in [1.807, 2.05) is 29.0 Å². The van der Waals surface area contributed by atoms with Gasteiger partial charge in [0.15, 0.2) is 0 Å². The SMILES string of the molecule is CC(C)N1CC=C(c2c[nH]c3ccc(NC(=O)c4ccsc4)cc23)CC1. The number of aromatic amines is 1. The number of hydrogen-bond donors (Lipinski definition) is 2. The number of thiophene rings is 1. The first-order valence-electron chi connectivity index (χ1n) is 9.00. The van der Waals surface area contributed by atoms with Crippen LogP contribution >= 0.6 is 11.3 Å². The number of benzene rings is 1. The number of amides is 1. The fraction of sp³-hybridized carbons (Fsp3) is 0.286. The van der Waals surface area contributed by atoms with Crippen LogP contribution in [-0.2, 0) is 0 Å². The average Bonchev–Trinajstić information content (AvgIpc) is 3.31. The van der Waals surface area contributed by atoms with Gasteiger partial charge in [-0.15, -0.1) is 0 Å². The maximum Gasteiger partial charge on any atom is 0.256 e. The predicted octanol–water partition coefficient (Wildman–Crippen LogP) is 4.98. The lowest BCUT2D eigenvalue weighted by atomic mass is 9.98. The lowest BCUT2D eigenvalue weighted by Gasteiger charge is -2.29. The highest BCUT2D eigenvalue weighted by Crippen LogP contribution is 2.31. The number of rotatable bonds is 4. The molecule has 0 saturated carbocycles. The molecule has 0 radical (unpaired) electrons. The molecule has 0 unspecified atom stereocenters. The fourth-order valence-electron chi connectivity index (χ4n) is 3.46. The number of nitrogens with one attached hydrogen (secondary N) is 2. The monoisotopic (exact) mass is 365 g/mol. The molecule has 1 amide bonds. The molecule has 134 valence electrons. The molecule has 0 spiro atoms. The molecule has 1 aliphatic rings. The first kappa shape index (κ1) is 17.1. The quantitative estimate of drug-likeness (QED) is 0.685. The zero-order valence-corrected chi connectivity index (χ0v) is 15.9. The standard InChI is InChI=1S/C21H23N3OS/c1-14(2)24-8-5-15(6-9-24)19-12-22-20-4-3-17(11-18(19)20)23-21(25)16-7-10-26-13-16/h3-5,7,10-14,22H,6,8-9H2,1-2H3,(H,23,25). The normalized spacial score (nSPS) is 15.4. The van der Waals surface area contributed by atoms with Crippen molar-refractivity contribution in [1.82, 2.24) is 9.88 Å². The minimum atomic E-state index is -0.0628. The third-order valence-corrected chi connectivity index (χ3v) is 5.72. The molecule has 2 aromatic heterocycles. The van der Waals surface area contributed by atoms with Crippen molar-refractivity contribution < 1.29 is 4.79 Å². The van der Waals surface area contributed by atoms with Crippen LogP contribution in [0.2, 0.25) is 0 Å². The van der Waals surface area contributed by atoms with E-state index in [1.54, 1.807) is 0 Å². The van der Waals surface area contributed by atoms with Gasteiger partial charge in [0.1, 0.15) is 0 Å². The molecule has 1 aromatic carbocycles. The Bertz CT molecular complexity index is 953. The third kappa shape index (κ3) is 3.32. The largest absolute Gasteiger partial charge is 0.361 e. The van der Waals surface area contributed by atoms with Crippen molar-refractivity contribution in [2.75, 3.05) is 18.4 Å². The lowest BCUT2D eigenvalue weighted by Crippen LogP contribution is -2.34. The number of fused-ring (bicyclic) bond motifs is 1. The molecular weight excluding hydrogens is 342 g/mol. The molecule has 0 bridgehead atoms. The fourth-order valence-corrected chi connectivity index (χ4v) is 4.10. The topological polar surface area (TPSA) is 48.1 Å². The summed E-state index contributed by atoms with van der Waals surface area (Å²) in [5.74, 6) is -0.0628. The van der Waals surface area contributed by atoms with Gasteiger partial charge in [0, 0.05) is 52.9 Å². The van der Waals surface area contributed by atoms with Gasteiger partial charge in [-0.3, -0.25) is 9.69 Å². The van der Waals surface area contributed by atoms with Gasteiger partial charge in [-0.2, -0.15) is 11.3 Å². The molecule has 0 aliphatic carbocycles. The van der Waals surface area contributed by atoms with Crippen molar-refractivity contribution in [3.63, 3.8) is 0 Å². The van der Waals surface area contributed by atoms with E-state index in [9.17, 15) is 4.79 Å². The summed E-state index contributed by atoms with van der Waals surface area (Å²) in [7, 11) is 0. The van der Waals surface area contributed by atoms with Gasteiger partial charge in [-0.25, -0.2) is 0 Å². The minimum absolute atomic E-state index is 0.0628. The molecule has 3 heterocycles. The summed E-state index contributed by atoms with van der Waals surface area (Å²) in [5.41, 5.74) is 5.26. The molecule has 4 rings (SSSR count). The summed E-state index contributed by atoms with van der Waals surface area (Å²) < 4.78 is 0. The van der Waals surface area contributed by atoms with E-state index in [-0.39, 0.29) is 5.91 Å². The highest BCUT2D eigenvalue weighted by atomic mass is 32.1. The third-order valence-electron chi connectivity index (χ3n) is 5.04. The van der Waals surface area contributed by atoms with Crippen molar-refractivity contribution in [3.05, 3.63) is 58.4 Å². The second-order valence-corrected chi connectivity index (χ2v) is 7.78.